The van der Waals surface area contributed by atoms with E-state index in [1.807, 2.05) is 0 Å². The third-order valence-corrected chi connectivity index (χ3v) is 11.4. The Morgan fingerprint density at radius 2 is 2.33 bits per heavy atom. The van der Waals surface area contributed by atoms with Gasteiger partial charge in [0.2, 0.25) is 0 Å². The maximum atomic E-state index is 2.43. The van der Waals surface area contributed by atoms with Gasteiger partial charge in [-0.3, -0.25) is 0 Å². The number of hydrogen-bond acceptors (Lipinski definition) is 0. The Labute approximate surface area is 52.7 Å². The summed E-state index contributed by atoms with van der Waals surface area (Å²) in [4.78, 5) is 0. The zero-order valence-electron chi connectivity index (χ0n) is 3.42. The van der Waals surface area contributed by atoms with Crippen molar-refractivity contribution in [2.45, 2.75) is 0 Å². The van der Waals surface area contributed by atoms with Gasteiger partial charge in [0.05, 0.1) is 0 Å². The Balaban J connectivity index is 2.46. The number of hydrogen-bond donors (Lipinski definition) is 0. The maximum absolute atomic E-state index is 2.43. The standard InChI is InChI=1S/C4H5I.Ga.H/c1-2-3-4-5;;/h1-5H;;/q+1;-1;. The van der Waals surface area contributed by atoms with Crippen LogP contribution in [0.25, 0.3) is 0 Å². The molecule has 0 saturated heterocycles. The first-order valence-electron chi connectivity index (χ1n) is 1.93. The third kappa shape index (κ3) is 1.53. The van der Waals surface area contributed by atoms with Crippen molar-refractivity contribution in [2.75, 3.05) is 0 Å². The van der Waals surface area contributed by atoms with E-state index in [0.717, 1.165) is 0 Å². The van der Waals surface area contributed by atoms with Crippen LogP contribution in [0.5, 0.6) is 0 Å². The molecule has 0 fully saturated rings. The minimum atomic E-state index is 0.0241. The zero-order chi connectivity index (χ0) is 4.24. The molecule has 0 amide bonds. The normalized spacial score (nSPS) is 18.7. The van der Waals surface area contributed by atoms with Crippen molar-refractivity contribution in [3.63, 3.8) is 0 Å². The number of rotatable bonds is 0. The third-order valence-electron chi connectivity index (χ3n) is 0.614. The summed E-state index contributed by atoms with van der Waals surface area (Å²) in [6.07, 6.45) is 4.39. The molecule has 0 radical (unpaired) electrons. The van der Waals surface area contributed by atoms with Crippen molar-refractivity contribution in [1.29, 1.82) is 0 Å². The van der Waals surface area contributed by atoms with E-state index in [4.69, 9.17) is 0 Å². The van der Waals surface area contributed by atoms with E-state index in [2.05, 4.69) is 20.9 Å². The molecule has 0 atom stereocenters. The Hall–Kier alpha value is 0.846. The van der Waals surface area contributed by atoms with Crippen molar-refractivity contribution in [2.24, 2.45) is 0 Å². The van der Waals surface area contributed by atoms with Gasteiger partial charge in [-0.15, -0.1) is 0 Å². The Kier molecular flexibility index (Phi) is 2.44. The van der Waals surface area contributed by atoms with Gasteiger partial charge in [-0.05, 0) is 0 Å². The quantitative estimate of drug-likeness (QED) is 0.446. The molecule has 0 bridgehead atoms. The van der Waals surface area contributed by atoms with Crippen LogP contribution in [0, 0.1) is 0 Å². The topological polar surface area (TPSA) is 0 Å². The first-order valence-corrected chi connectivity index (χ1v) is 14.8. The average molecular weight is 251 g/mol. The molecule has 32 valence electrons. The first kappa shape index (κ1) is 4.99. The molecule has 1 aliphatic heterocycles. The number of allylic oxidation sites excluding steroid dienone is 2. The summed E-state index contributed by atoms with van der Waals surface area (Å²) in [5.41, 5.74) is 0. The minimum absolute atomic E-state index is 0.0241. The van der Waals surface area contributed by atoms with Gasteiger partial charge in [-0.2, -0.15) is 0 Å². The molecule has 1 aliphatic rings. The van der Waals surface area contributed by atoms with Crippen LogP contribution in [-0.2, 0) is 0 Å². The first-order chi connectivity index (χ1) is 3.00. The summed E-state index contributed by atoms with van der Waals surface area (Å²) in [6, 6.07) is 0. The monoisotopic (exact) mass is 250 g/mol. The van der Waals surface area contributed by atoms with E-state index in [1.165, 1.54) is 0 Å². The Bertz CT molecular complexity index is 73.5. The van der Waals surface area contributed by atoms with E-state index in [0.29, 0.717) is 18.3 Å². The van der Waals surface area contributed by atoms with Crippen LogP contribution in [-0.4, -0.2) is 13.9 Å². The molecule has 0 N–H and O–H groups in total. The summed E-state index contributed by atoms with van der Waals surface area (Å²) >= 11 is 0.516. The van der Waals surface area contributed by atoms with Gasteiger partial charge in [0.1, 0.15) is 0 Å². The number of halogens is 1. The van der Waals surface area contributed by atoms with Gasteiger partial charge in [0.15, 0.2) is 0 Å². The summed E-state index contributed by atoms with van der Waals surface area (Å²) in [5.74, 6) is 0. The predicted molar refractivity (Wildman–Crippen MR) is 40.8 cm³/mol. The summed E-state index contributed by atoms with van der Waals surface area (Å²) in [6.45, 7) is 0. The van der Waals surface area contributed by atoms with Crippen LogP contribution in [0.15, 0.2) is 20.9 Å². The fraction of sp³-hybridized carbons (Fsp3) is 0. The van der Waals surface area contributed by atoms with Crippen LogP contribution in [0.4, 0.5) is 0 Å². The van der Waals surface area contributed by atoms with Crippen LogP contribution >= 0.6 is 18.3 Å². The summed E-state index contributed by atoms with van der Waals surface area (Å²) in [5, 5.41) is 0. The van der Waals surface area contributed by atoms with E-state index in [9.17, 15) is 0 Å². The molecule has 0 aliphatic carbocycles. The fourth-order valence-corrected chi connectivity index (χ4v) is 8.46. The average Bonchev–Trinajstić information content (AvgIpc) is 1.72. The van der Waals surface area contributed by atoms with E-state index >= 15 is 0 Å². The van der Waals surface area contributed by atoms with E-state index < -0.39 is 0 Å². The van der Waals surface area contributed by atoms with Crippen molar-refractivity contribution < 1.29 is 0 Å². The van der Waals surface area contributed by atoms with Gasteiger partial charge < -0.3 is 0 Å². The van der Waals surface area contributed by atoms with Gasteiger partial charge in [0, 0.05) is 0 Å². The molecule has 1 rings (SSSR count). The molecular formula is C4H6GaI. The fourth-order valence-electron chi connectivity index (χ4n) is 0.346. The van der Waals surface area contributed by atoms with Gasteiger partial charge in [-0.25, -0.2) is 0 Å². The van der Waals surface area contributed by atoms with Crippen molar-refractivity contribution in [3.8, 4) is 0 Å². The second-order valence-electron chi connectivity index (χ2n) is 1.09. The second kappa shape index (κ2) is 2.93. The SMILES string of the molecule is C1=[CH][GaH][IH]C=C1. The van der Waals surface area contributed by atoms with E-state index in [-0.39, 0.29) is 13.9 Å². The van der Waals surface area contributed by atoms with Gasteiger partial charge in [0.25, 0.3) is 0 Å². The molecule has 0 nitrogen and oxygen atoms in total. The molecule has 0 saturated carbocycles. The molecule has 0 aromatic carbocycles. The Morgan fingerprint density at radius 1 is 1.33 bits per heavy atom. The van der Waals surface area contributed by atoms with Crippen LogP contribution in [0.2, 0.25) is 0 Å². The molecule has 6 heavy (non-hydrogen) atoms. The van der Waals surface area contributed by atoms with Crippen LogP contribution in [0.1, 0.15) is 0 Å². The van der Waals surface area contributed by atoms with Crippen LogP contribution in [0.3, 0.4) is 0 Å². The summed E-state index contributed by atoms with van der Waals surface area (Å²) in [7, 11) is 0. The summed E-state index contributed by atoms with van der Waals surface area (Å²) < 4.78 is 4.82. The predicted octanol–water partition coefficient (Wildman–Crippen LogP) is 1.08. The van der Waals surface area contributed by atoms with E-state index in [1.54, 1.807) is 0 Å². The molecule has 1 heterocycles. The molecular weight excluding hydrogens is 245 g/mol. The van der Waals surface area contributed by atoms with Crippen molar-refractivity contribution >= 4 is 32.1 Å². The molecule has 0 spiro atoms. The van der Waals surface area contributed by atoms with Crippen LogP contribution < -0.4 is 0 Å². The van der Waals surface area contributed by atoms with Gasteiger partial charge in [-0.1, -0.05) is 0 Å². The molecule has 0 aromatic heterocycles. The molecule has 2 heteroatoms. The van der Waals surface area contributed by atoms with Crippen molar-refractivity contribution in [3.05, 3.63) is 20.9 Å². The van der Waals surface area contributed by atoms with Crippen molar-refractivity contribution in [1.82, 2.24) is 0 Å². The Morgan fingerprint density at radius 3 is 2.50 bits per heavy atom. The van der Waals surface area contributed by atoms with Gasteiger partial charge >= 0.3 is 53.0 Å². The zero-order valence-corrected chi connectivity index (χ0v) is 8.72. The second-order valence-corrected chi connectivity index (χ2v) is 14.1. The molecule has 0 aromatic rings. The molecule has 0 unspecified atom stereocenters.